The molecule has 2 aromatic carbocycles. The molecule has 0 aliphatic rings. The standard InChI is InChI=1S/C10H8F3N.C10H9F3O2/c11-10(12,13)9-5-3-8(4-6-9)2-1-7-14;11-10(12,13)8-4-1-7(2-5-8)3-6-9(14)15/h3-6H,1-2H2;1-2,4-5H,3,6H2,(H,14,15). The van der Waals surface area contributed by atoms with Crippen molar-refractivity contribution in [1.82, 2.24) is 0 Å². The number of hydrogen-bond donors (Lipinski definition) is 1. The number of nitriles is 1. The van der Waals surface area contributed by atoms with E-state index in [1.807, 2.05) is 6.07 Å². The van der Waals surface area contributed by atoms with Crippen molar-refractivity contribution in [3.05, 3.63) is 70.8 Å². The molecule has 0 fully saturated rings. The molecule has 2 rings (SSSR count). The molecule has 0 radical (unpaired) electrons. The molecule has 0 aromatic heterocycles. The maximum atomic E-state index is 12.1. The zero-order chi connectivity index (χ0) is 22.1. The van der Waals surface area contributed by atoms with Gasteiger partial charge in [0.15, 0.2) is 0 Å². The number of rotatable bonds is 5. The van der Waals surface area contributed by atoms with E-state index in [2.05, 4.69) is 0 Å². The van der Waals surface area contributed by atoms with E-state index in [4.69, 9.17) is 10.4 Å². The molecule has 2 aromatic rings. The van der Waals surface area contributed by atoms with Gasteiger partial charge >= 0.3 is 18.3 Å². The highest BCUT2D eigenvalue weighted by Gasteiger charge is 2.30. The first-order valence-corrected chi connectivity index (χ1v) is 8.34. The lowest BCUT2D eigenvalue weighted by Crippen LogP contribution is -2.04. The van der Waals surface area contributed by atoms with Crippen LogP contribution in [0.4, 0.5) is 26.3 Å². The number of aryl methyl sites for hydroxylation is 2. The number of carboxylic acids is 1. The fourth-order valence-corrected chi connectivity index (χ4v) is 2.17. The predicted octanol–water partition coefficient (Wildman–Crippen LogP) is 5.88. The number of alkyl halides is 6. The van der Waals surface area contributed by atoms with Crippen molar-refractivity contribution in [2.45, 2.75) is 38.0 Å². The van der Waals surface area contributed by atoms with E-state index in [0.29, 0.717) is 18.4 Å². The van der Waals surface area contributed by atoms with Crippen molar-refractivity contribution in [3.8, 4) is 6.07 Å². The highest BCUT2D eigenvalue weighted by atomic mass is 19.4. The molecule has 0 heterocycles. The first-order chi connectivity index (χ1) is 13.4. The zero-order valence-corrected chi connectivity index (χ0v) is 15.0. The minimum absolute atomic E-state index is 0.0780. The molecular formula is C20H17F6NO2. The van der Waals surface area contributed by atoms with Gasteiger partial charge in [0.2, 0.25) is 0 Å². The van der Waals surface area contributed by atoms with Gasteiger partial charge in [-0.05, 0) is 48.2 Å². The molecule has 0 saturated carbocycles. The average Bonchev–Trinajstić information content (AvgIpc) is 2.64. The Balaban J connectivity index is 0.000000291. The Bertz CT molecular complexity index is 819. The first-order valence-electron chi connectivity index (χ1n) is 8.34. The van der Waals surface area contributed by atoms with E-state index in [-0.39, 0.29) is 12.8 Å². The number of hydrogen-bond acceptors (Lipinski definition) is 2. The van der Waals surface area contributed by atoms with Gasteiger partial charge in [0.05, 0.1) is 17.2 Å². The molecule has 0 aliphatic heterocycles. The fraction of sp³-hybridized carbons (Fsp3) is 0.300. The molecule has 0 atom stereocenters. The van der Waals surface area contributed by atoms with Crippen molar-refractivity contribution < 1.29 is 36.2 Å². The Morgan fingerprint density at radius 1 is 0.793 bits per heavy atom. The number of aliphatic carboxylic acids is 1. The van der Waals surface area contributed by atoms with Gasteiger partial charge < -0.3 is 5.11 Å². The van der Waals surface area contributed by atoms with Crippen LogP contribution in [0, 0.1) is 11.3 Å². The molecule has 0 aliphatic carbocycles. The number of carboxylic acid groups (broad SMARTS) is 1. The maximum Gasteiger partial charge on any atom is 0.416 e. The van der Waals surface area contributed by atoms with Crippen LogP contribution in [0.1, 0.15) is 35.1 Å². The van der Waals surface area contributed by atoms with Crippen molar-refractivity contribution in [1.29, 1.82) is 5.26 Å². The van der Waals surface area contributed by atoms with E-state index < -0.39 is 29.4 Å². The third kappa shape index (κ3) is 9.14. The highest BCUT2D eigenvalue weighted by molar-refractivity contribution is 5.67. The lowest BCUT2D eigenvalue weighted by atomic mass is 10.1. The number of carbonyl (C=O) groups is 1. The minimum atomic E-state index is -4.34. The first kappa shape index (κ1) is 24.0. The van der Waals surface area contributed by atoms with Crippen molar-refractivity contribution in [3.63, 3.8) is 0 Å². The summed E-state index contributed by atoms with van der Waals surface area (Å²) in [7, 11) is 0. The normalized spacial score (nSPS) is 11.2. The van der Waals surface area contributed by atoms with E-state index >= 15 is 0 Å². The van der Waals surface area contributed by atoms with Gasteiger partial charge in [-0.2, -0.15) is 31.6 Å². The Labute approximate surface area is 163 Å². The summed E-state index contributed by atoms with van der Waals surface area (Å²) in [5.74, 6) is -0.963. The van der Waals surface area contributed by atoms with Gasteiger partial charge in [0.1, 0.15) is 0 Å². The molecule has 3 nitrogen and oxygen atoms in total. The van der Waals surface area contributed by atoms with Crippen LogP contribution in [0.15, 0.2) is 48.5 Å². The van der Waals surface area contributed by atoms with Gasteiger partial charge in [-0.25, -0.2) is 0 Å². The predicted molar refractivity (Wildman–Crippen MR) is 92.8 cm³/mol. The van der Waals surface area contributed by atoms with Crippen LogP contribution >= 0.6 is 0 Å². The van der Waals surface area contributed by atoms with Gasteiger partial charge in [-0.15, -0.1) is 0 Å². The lowest BCUT2D eigenvalue weighted by Gasteiger charge is -2.06. The van der Waals surface area contributed by atoms with E-state index in [0.717, 1.165) is 29.8 Å². The number of nitrogens with zero attached hydrogens (tertiary/aromatic N) is 1. The molecule has 0 amide bonds. The monoisotopic (exact) mass is 417 g/mol. The summed E-state index contributed by atoms with van der Waals surface area (Å²) in [6, 6.07) is 11.3. The number of benzene rings is 2. The van der Waals surface area contributed by atoms with Gasteiger partial charge in [-0.3, -0.25) is 4.79 Å². The summed E-state index contributed by atoms with van der Waals surface area (Å²) in [6.45, 7) is 0. The molecular weight excluding hydrogens is 400 g/mol. The second-order valence-electron chi connectivity index (χ2n) is 5.94. The zero-order valence-electron chi connectivity index (χ0n) is 15.0. The van der Waals surface area contributed by atoms with Crippen LogP contribution in [0.2, 0.25) is 0 Å². The third-order valence-corrected chi connectivity index (χ3v) is 3.72. The summed E-state index contributed by atoms with van der Waals surface area (Å²) in [5.41, 5.74) is -0.0373. The van der Waals surface area contributed by atoms with Crippen molar-refractivity contribution >= 4 is 5.97 Å². The maximum absolute atomic E-state index is 12.1. The molecule has 0 unspecified atom stereocenters. The van der Waals surface area contributed by atoms with Crippen LogP contribution in [-0.4, -0.2) is 11.1 Å². The van der Waals surface area contributed by atoms with E-state index in [9.17, 15) is 31.1 Å². The van der Waals surface area contributed by atoms with Crippen LogP contribution in [0.3, 0.4) is 0 Å². The second-order valence-corrected chi connectivity index (χ2v) is 5.94. The smallest absolute Gasteiger partial charge is 0.416 e. The van der Waals surface area contributed by atoms with Gasteiger partial charge in [0.25, 0.3) is 0 Å². The number of halogens is 6. The third-order valence-electron chi connectivity index (χ3n) is 3.72. The minimum Gasteiger partial charge on any atom is -0.481 e. The van der Waals surface area contributed by atoms with E-state index in [1.165, 1.54) is 24.3 Å². The van der Waals surface area contributed by atoms with Crippen molar-refractivity contribution in [2.75, 3.05) is 0 Å². The highest BCUT2D eigenvalue weighted by Crippen LogP contribution is 2.30. The average molecular weight is 417 g/mol. The summed E-state index contributed by atoms with van der Waals surface area (Å²) in [4.78, 5) is 10.2. The van der Waals surface area contributed by atoms with Gasteiger partial charge in [-0.1, -0.05) is 24.3 Å². The summed E-state index contributed by atoms with van der Waals surface area (Å²) in [5, 5.41) is 16.7. The summed E-state index contributed by atoms with van der Waals surface area (Å²) >= 11 is 0. The SMILES string of the molecule is N#CCCc1ccc(C(F)(F)F)cc1.O=C(O)CCc1ccc(C(F)(F)F)cc1. The van der Waals surface area contributed by atoms with Gasteiger partial charge in [0, 0.05) is 12.8 Å². The van der Waals surface area contributed by atoms with Crippen LogP contribution in [0.5, 0.6) is 0 Å². The van der Waals surface area contributed by atoms with Crippen LogP contribution in [0.25, 0.3) is 0 Å². The molecule has 9 heteroatoms. The Hall–Kier alpha value is -3.02. The Kier molecular flexibility index (Phi) is 8.70. The topological polar surface area (TPSA) is 61.1 Å². The van der Waals surface area contributed by atoms with Crippen LogP contribution < -0.4 is 0 Å². The second kappa shape index (κ2) is 10.5. The molecule has 1 N–H and O–H groups in total. The molecule has 156 valence electrons. The molecule has 29 heavy (non-hydrogen) atoms. The quantitative estimate of drug-likeness (QED) is 0.618. The largest absolute Gasteiger partial charge is 0.481 e. The Morgan fingerprint density at radius 3 is 1.48 bits per heavy atom. The van der Waals surface area contributed by atoms with Crippen molar-refractivity contribution in [2.24, 2.45) is 0 Å². The molecule has 0 spiro atoms. The molecule has 0 bridgehead atoms. The summed E-state index contributed by atoms with van der Waals surface area (Å²) < 4.78 is 72.8. The molecule has 0 saturated heterocycles. The fourth-order valence-electron chi connectivity index (χ4n) is 2.17. The summed E-state index contributed by atoms with van der Waals surface area (Å²) in [6.07, 6.45) is -7.64. The van der Waals surface area contributed by atoms with Crippen LogP contribution in [-0.2, 0) is 30.0 Å². The van der Waals surface area contributed by atoms with E-state index in [1.54, 1.807) is 0 Å². The Morgan fingerprint density at radius 2 is 1.17 bits per heavy atom. The lowest BCUT2D eigenvalue weighted by molar-refractivity contribution is -0.138.